The quantitative estimate of drug-likeness (QED) is 0.529. The van der Waals surface area contributed by atoms with Crippen molar-refractivity contribution in [3.63, 3.8) is 0 Å². The molecule has 1 aliphatic rings. The molecular formula is C20H22N4O5S. The molecule has 0 unspecified atom stereocenters. The van der Waals surface area contributed by atoms with Gasteiger partial charge in [0.2, 0.25) is 0 Å². The zero-order valence-corrected chi connectivity index (χ0v) is 17.0. The van der Waals surface area contributed by atoms with Crippen LogP contribution in [0.1, 0.15) is 0 Å². The SMILES string of the molecule is O=C(O)C(=O)O.OCCN1CCN(c2nc(-c3cccs3)nc3ccccc23)CC1. The molecule has 0 bridgehead atoms. The number of carboxylic acid groups (broad SMARTS) is 2. The van der Waals surface area contributed by atoms with Gasteiger partial charge in [-0.25, -0.2) is 19.6 Å². The number of anilines is 1. The van der Waals surface area contributed by atoms with Crippen molar-refractivity contribution in [1.29, 1.82) is 0 Å². The molecule has 2 aromatic heterocycles. The lowest BCUT2D eigenvalue weighted by molar-refractivity contribution is -0.159. The van der Waals surface area contributed by atoms with Crippen LogP contribution in [0.4, 0.5) is 5.82 Å². The number of benzene rings is 1. The number of aromatic nitrogens is 2. The lowest BCUT2D eigenvalue weighted by Crippen LogP contribution is -2.47. The Morgan fingerprint density at radius 3 is 2.27 bits per heavy atom. The molecule has 1 aliphatic heterocycles. The summed E-state index contributed by atoms with van der Waals surface area (Å²) in [6.07, 6.45) is 0. The summed E-state index contributed by atoms with van der Waals surface area (Å²) in [7, 11) is 0. The van der Waals surface area contributed by atoms with Crippen LogP contribution in [0.5, 0.6) is 0 Å². The summed E-state index contributed by atoms with van der Waals surface area (Å²) in [5.74, 6) is -1.82. The summed E-state index contributed by atoms with van der Waals surface area (Å²) >= 11 is 1.67. The van der Waals surface area contributed by atoms with Crippen molar-refractivity contribution in [2.45, 2.75) is 0 Å². The summed E-state index contributed by atoms with van der Waals surface area (Å²) < 4.78 is 0. The number of nitrogens with zero attached hydrogens (tertiary/aromatic N) is 4. The number of aliphatic carboxylic acids is 2. The van der Waals surface area contributed by atoms with Crippen molar-refractivity contribution in [2.75, 3.05) is 44.2 Å². The van der Waals surface area contributed by atoms with E-state index < -0.39 is 11.9 Å². The second-order valence-electron chi connectivity index (χ2n) is 6.53. The highest BCUT2D eigenvalue weighted by molar-refractivity contribution is 7.13. The van der Waals surface area contributed by atoms with E-state index in [2.05, 4.69) is 33.4 Å². The molecule has 0 saturated carbocycles. The number of rotatable bonds is 4. The summed E-state index contributed by atoms with van der Waals surface area (Å²) in [5.41, 5.74) is 0.990. The number of fused-ring (bicyclic) bond motifs is 1. The Kier molecular flexibility index (Phi) is 7.28. The minimum Gasteiger partial charge on any atom is -0.473 e. The van der Waals surface area contributed by atoms with E-state index in [9.17, 15) is 0 Å². The molecular weight excluding hydrogens is 408 g/mol. The lowest BCUT2D eigenvalue weighted by Gasteiger charge is -2.35. The van der Waals surface area contributed by atoms with Crippen molar-refractivity contribution in [2.24, 2.45) is 0 Å². The highest BCUT2D eigenvalue weighted by Crippen LogP contribution is 2.29. The van der Waals surface area contributed by atoms with Gasteiger partial charge in [0.05, 0.1) is 17.0 Å². The maximum atomic E-state index is 9.11. The number of piperazine rings is 1. The van der Waals surface area contributed by atoms with E-state index in [1.165, 1.54) is 0 Å². The number of aliphatic hydroxyl groups is 1. The van der Waals surface area contributed by atoms with Crippen molar-refractivity contribution in [1.82, 2.24) is 14.9 Å². The minimum atomic E-state index is -1.82. The van der Waals surface area contributed by atoms with Gasteiger partial charge in [-0.15, -0.1) is 11.3 Å². The van der Waals surface area contributed by atoms with Crippen molar-refractivity contribution in [3.8, 4) is 10.7 Å². The van der Waals surface area contributed by atoms with Gasteiger partial charge in [0.25, 0.3) is 0 Å². The van der Waals surface area contributed by atoms with Gasteiger partial charge in [-0.3, -0.25) is 4.90 Å². The zero-order chi connectivity index (χ0) is 21.5. The van der Waals surface area contributed by atoms with E-state index in [4.69, 9.17) is 34.9 Å². The van der Waals surface area contributed by atoms with Crippen LogP contribution < -0.4 is 4.90 Å². The van der Waals surface area contributed by atoms with E-state index in [1.807, 2.05) is 18.2 Å². The number of aliphatic hydroxyl groups excluding tert-OH is 1. The molecule has 1 aromatic carbocycles. The number of β-amino-alcohol motifs (C(OH)–C–C–N with tert-alkyl or cyclic N) is 1. The van der Waals surface area contributed by atoms with Crippen LogP contribution in [-0.2, 0) is 9.59 Å². The van der Waals surface area contributed by atoms with Crippen LogP contribution in [0.25, 0.3) is 21.6 Å². The summed E-state index contributed by atoms with van der Waals surface area (Å²) in [4.78, 5) is 33.6. The van der Waals surface area contributed by atoms with Gasteiger partial charge >= 0.3 is 11.9 Å². The van der Waals surface area contributed by atoms with Gasteiger partial charge in [-0.1, -0.05) is 18.2 Å². The molecule has 30 heavy (non-hydrogen) atoms. The van der Waals surface area contributed by atoms with Crippen LogP contribution in [0.3, 0.4) is 0 Å². The van der Waals surface area contributed by atoms with Crippen LogP contribution in [-0.4, -0.2) is 81.5 Å². The highest BCUT2D eigenvalue weighted by Gasteiger charge is 2.21. The molecule has 0 atom stereocenters. The standard InChI is InChI=1S/C18H20N4OS.C2H2O4/c23-12-11-21-7-9-22(10-8-21)18-14-4-1-2-5-15(14)19-17(20-18)16-6-3-13-24-16;3-1(4)2(5)6/h1-6,13,23H,7-12H2;(H,3,4)(H,5,6). The number of hydrogen-bond acceptors (Lipinski definition) is 8. The predicted molar refractivity (Wildman–Crippen MR) is 114 cm³/mol. The summed E-state index contributed by atoms with van der Waals surface area (Å²) in [5, 5.41) is 27.1. The Morgan fingerprint density at radius 1 is 0.967 bits per heavy atom. The van der Waals surface area contributed by atoms with Gasteiger partial charge in [-0.05, 0) is 23.6 Å². The Balaban J connectivity index is 0.000000377. The third-order valence-electron chi connectivity index (χ3n) is 4.60. The molecule has 0 aliphatic carbocycles. The zero-order valence-electron chi connectivity index (χ0n) is 16.1. The Hall–Kier alpha value is -3.08. The van der Waals surface area contributed by atoms with Crippen LogP contribution >= 0.6 is 11.3 Å². The molecule has 3 aromatic rings. The number of carbonyl (C=O) groups is 2. The van der Waals surface area contributed by atoms with E-state index in [0.29, 0.717) is 0 Å². The molecule has 10 heteroatoms. The van der Waals surface area contributed by atoms with Crippen LogP contribution in [0, 0.1) is 0 Å². The van der Waals surface area contributed by atoms with Crippen molar-refractivity contribution < 1.29 is 24.9 Å². The molecule has 0 spiro atoms. The largest absolute Gasteiger partial charge is 0.473 e. The molecule has 1 saturated heterocycles. The number of carboxylic acids is 2. The fraction of sp³-hybridized carbons (Fsp3) is 0.300. The molecule has 1 fully saturated rings. The van der Waals surface area contributed by atoms with Crippen molar-refractivity contribution >= 4 is 40.0 Å². The smallest absolute Gasteiger partial charge is 0.414 e. The monoisotopic (exact) mass is 430 g/mol. The predicted octanol–water partition coefficient (Wildman–Crippen LogP) is 1.63. The molecule has 9 nitrogen and oxygen atoms in total. The van der Waals surface area contributed by atoms with Gasteiger partial charge in [0.15, 0.2) is 5.82 Å². The number of thiophene rings is 1. The Morgan fingerprint density at radius 2 is 1.67 bits per heavy atom. The number of hydrogen-bond donors (Lipinski definition) is 3. The van der Waals surface area contributed by atoms with Gasteiger partial charge in [0.1, 0.15) is 5.82 Å². The molecule has 4 rings (SSSR count). The van der Waals surface area contributed by atoms with E-state index in [0.717, 1.165) is 60.1 Å². The molecule has 3 N–H and O–H groups in total. The van der Waals surface area contributed by atoms with Gasteiger partial charge < -0.3 is 20.2 Å². The summed E-state index contributed by atoms with van der Waals surface area (Å²) in [6, 6.07) is 12.3. The molecule has 3 heterocycles. The first-order chi connectivity index (χ1) is 14.5. The van der Waals surface area contributed by atoms with Gasteiger partial charge in [-0.2, -0.15) is 0 Å². The number of para-hydroxylation sites is 1. The maximum absolute atomic E-state index is 9.11. The van der Waals surface area contributed by atoms with E-state index in [-0.39, 0.29) is 6.61 Å². The fourth-order valence-electron chi connectivity index (χ4n) is 3.14. The average Bonchev–Trinajstić information content (AvgIpc) is 3.29. The highest BCUT2D eigenvalue weighted by atomic mass is 32.1. The average molecular weight is 430 g/mol. The molecule has 0 radical (unpaired) electrons. The molecule has 0 amide bonds. The third-order valence-corrected chi connectivity index (χ3v) is 5.46. The van der Waals surface area contributed by atoms with E-state index >= 15 is 0 Å². The Labute approximate surface area is 176 Å². The first-order valence-electron chi connectivity index (χ1n) is 9.34. The third kappa shape index (κ3) is 5.29. The second kappa shape index (κ2) is 10.1. The first-order valence-corrected chi connectivity index (χ1v) is 10.2. The lowest BCUT2D eigenvalue weighted by atomic mass is 10.2. The minimum absolute atomic E-state index is 0.221. The topological polar surface area (TPSA) is 127 Å². The second-order valence-corrected chi connectivity index (χ2v) is 7.48. The van der Waals surface area contributed by atoms with Crippen LogP contribution in [0.2, 0.25) is 0 Å². The van der Waals surface area contributed by atoms with Crippen molar-refractivity contribution in [3.05, 3.63) is 41.8 Å². The first kappa shape index (κ1) is 21.6. The van der Waals surface area contributed by atoms with E-state index in [1.54, 1.807) is 11.3 Å². The summed E-state index contributed by atoms with van der Waals surface area (Å²) in [6.45, 7) is 4.72. The fourth-order valence-corrected chi connectivity index (χ4v) is 3.80. The normalized spacial score (nSPS) is 14.2. The maximum Gasteiger partial charge on any atom is 0.414 e. The van der Waals surface area contributed by atoms with Crippen LogP contribution in [0.15, 0.2) is 41.8 Å². The Bertz CT molecular complexity index is 992. The molecule has 158 valence electrons. The van der Waals surface area contributed by atoms with Gasteiger partial charge in [0, 0.05) is 38.1 Å².